The van der Waals surface area contributed by atoms with Gasteiger partial charge in [-0.05, 0) is 38.0 Å². The second-order valence-electron chi connectivity index (χ2n) is 7.15. The number of amides is 1. The molecule has 2 aromatic carbocycles. The fraction of sp³-hybridized carbons (Fsp3) is 0.409. The molecule has 2 aromatic rings. The summed E-state index contributed by atoms with van der Waals surface area (Å²) >= 11 is 1.74. The lowest BCUT2D eigenvalue weighted by Gasteiger charge is -2.30. The van der Waals surface area contributed by atoms with Crippen LogP contribution in [-0.2, 0) is 20.6 Å². The fourth-order valence-electron chi connectivity index (χ4n) is 2.99. The van der Waals surface area contributed by atoms with Crippen LogP contribution in [0.2, 0.25) is 0 Å². The molecular weight excluding hydrogens is 404 g/mol. The SMILES string of the molecule is CC[C@@H](C(=O)NCCSCc1ccc(C)cc1)N(c1ccc(C)cc1)S(C)(=O)=O. The molecule has 5 nitrogen and oxygen atoms in total. The highest BCUT2D eigenvalue weighted by molar-refractivity contribution is 7.98. The molecule has 0 bridgehead atoms. The Hall–Kier alpha value is -1.99. The van der Waals surface area contributed by atoms with Crippen LogP contribution in [0.4, 0.5) is 5.69 Å². The Morgan fingerprint density at radius 1 is 1.03 bits per heavy atom. The van der Waals surface area contributed by atoms with E-state index in [2.05, 4.69) is 36.5 Å². The molecule has 29 heavy (non-hydrogen) atoms. The van der Waals surface area contributed by atoms with Gasteiger partial charge in [0.25, 0.3) is 0 Å². The maximum absolute atomic E-state index is 12.7. The van der Waals surface area contributed by atoms with Crippen molar-refractivity contribution in [2.75, 3.05) is 22.9 Å². The maximum Gasteiger partial charge on any atom is 0.243 e. The number of nitrogens with one attached hydrogen (secondary N) is 1. The molecule has 0 unspecified atom stereocenters. The molecule has 1 amide bonds. The third-order valence-electron chi connectivity index (χ3n) is 4.55. The van der Waals surface area contributed by atoms with Crippen molar-refractivity contribution in [2.24, 2.45) is 0 Å². The van der Waals surface area contributed by atoms with Crippen LogP contribution in [0.5, 0.6) is 0 Å². The summed E-state index contributed by atoms with van der Waals surface area (Å²) in [5.41, 5.74) is 4.03. The van der Waals surface area contributed by atoms with Crippen molar-refractivity contribution in [1.29, 1.82) is 0 Å². The molecule has 0 aliphatic carbocycles. The van der Waals surface area contributed by atoms with Crippen LogP contribution in [0.25, 0.3) is 0 Å². The van der Waals surface area contributed by atoms with Crippen molar-refractivity contribution in [3.8, 4) is 0 Å². The highest BCUT2D eigenvalue weighted by Crippen LogP contribution is 2.23. The van der Waals surface area contributed by atoms with E-state index in [-0.39, 0.29) is 5.91 Å². The van der Waals surface area contributed by atoms with Gasteiger partial charge in [0.2, 0.25) is 15.9 Å². The van der Waals surface area contributed by atoms with E-state index in [0.29, 0.717) is 18.7 Å². The second-order valence-corrected chi connectivity index (χ2v) is 10.1. The molecule has 0 radical (unpaired) electrons. The average Bonchev–Trinajstić information content (AvgIpc) is 2.67. The van der Waals surface area contributed by atoms with Crippen LogP contribution in [0.15, 0.2) is 48.5 Å². The zero-order valence-corrected chi connectivity index (χ0v) is 19.1. The van der Waals surface area contributed by atoms with Crippen LogP contribution in [0, 0.1) is 13.8 Å². The highest BCUT2D eigenvalue weighted by atomic mass is 32.2. The first kappa shape index (κ1) is 23.3. The molecule has 1 N–H and O–H groups in total. The number of thioether (sulfide) groups is 1. The normalized spacial score (nSPS) is 12.4. The van der Waals surface area contributed by atoms with Crippen LogP contribution < -0.4 is 9.62 Å². The molecule has 0 saturated carbocycles. The number of rotatable bonds is 10. The van der Waals surface area contributed by atoms with Gasteiger partial charge in [-0.25, -0.2) is 8.42 Å². The molecule has 0 saturated heterocycles. The van der Waals surface area contributed by atoms with Gasteiger partial charge in [0.05, 0.1) is 11.9 Å². The first-order valence-electron chi connectivity index (χ1n) is 9.69. The molecule has 0 heterocycles. The Balaban J connectivity index is 1.94. The predicted molar refractivity (Wildman–Crippen MR) is 123 cm³/mol. The molecule has 1 atom stereocenters. The van der Waals surface area contributed by atoms with Crippen molar-refractivity contribution < 1.29 is 13.2 Å². The van der Waals surface area contributed by atoms with E-state index in [1.807, 2.05) is 26.0 Å². The van der Waals surface area contributed by atoms with Gasteiger partial charge in [-0.1, -0.05) is 54.4 Å². The summed E-state index contributed by atoms with van der Waals surface area (Å²) in [5.74, 6) is 1.38. The fourth-order valence-corrected chi connectivity index (χ4v) is 5.02. The molecule has 0 spiro atoms. The summed E-state index contributed by atoms with van der Waals surface area (Å²) in [6.45, 7) is 6.32. The van der Waals surface area contributed by atoms with E-state index in [1.165, 1.54) is 15.4 Å². The molecule has 0 fully saturated rings. The van der Waals surface area contributed by atoms with E-state index in [1.54, 1.807) is 23.9 Å². The third kappa shape index (κ3) is 7.08. The van der Waals surface area contributed by atoms with Crippen molar-refractivity contribution in [3.63, 3.8) is 0 Å². The van der Waals surface area contributed by atoms with Gasteiger partial charge in [0, 0.05) is 18.1 Å². The molecule has 2 rings (SSSR count). The van der Waals surface area contributed by atoms with Crippen molar-refractivity contribution >= 4 is 33.4 Å². The van der Waals surface area contributed by atoms with E-state index in [9.17, 15) is 13.2 Å². The zero-order valence-electron chi connectivity index (χ0n) is 17.5. The maximum atomic E-state index is 12.7. The standard InChI is InChI=1S/C22H30N2O3S2/c1-5-21(24(29(4,26)27)20-12-8-18(3)9-13-20)22(25)23-14-15-28-16-19-10-6-17(2)7-11-19/h6-13,21H,5,14-16H2,1-4H3,(H,23,25)/t21-/m0/s1. The number of carbonyl (C=O) groups excluding carboxylic acids is 1. The van der Waals surface area contributed by atoms with Crippen LogP contribution >= 0.6 is 11.8 Å². The Morgan fingerprint density at radius 2 is 1.59 bits per heavy atom. The van der Waals surface area contributed by atoms with Crippen LogP contribution in [-0.4, -0.2) is 38.9 Å². The van der Waals surface area contributed by atoms with Gasteiger partial charge in [-0.3, -0.25) is 9.10 Å². The summed E-state index contributed by atoms with van der Waals surface area (Å²) < 4.78 is 26.1. The lowest BCUT2D eigenvalue weighted by Crippen LogP contribution is -2.49. The van der Waals surface area contributed by atoms with Gasteiger partial charge in [-0.15, -0.1) is 0 Å². The predicted octanol–water partition coefficient (Wildman–Crippen LogP) is 3.90. The lowest BCUT2D eigenvalue weighted by molar-refractivity contribution is -0.122. The van der Waals surface area contributed by atoms with Crippen molar-refractivity contribution in [1.82, 2.24) is 5.32 Å². The summed E-state index contributed by atoms with van der Waals surface area (Å²) in [4.78, 5) is 12.7. The molecular formula is C22H30N2O3S2. The number of aryl methyl sites for hydroxylation is 2. The minimum Gasteiger partial charge on any atom is -0.353 e. The monoisotopic (exact) mass is 434 g/mol. The molecule has 0 aromatic heterocycles. The number of hydrogen-bond donors (Lipinski definition) is 1. The van der Waals surface area contributed by atoms with Gasteiger partial charge in [-0.2, -0.15) is 11.8 Å². The summed E-state index contributed by atoms with van der Waals surface area (Å²) in [6.07, 6.45) is 1.53. The van der Waals surface area contributed by atoms with E-state index >= 15 is 0 Å². The molecule has 0 aliphatic rings. The van der Waals surface area contributed by atoms with E-state index in [0.717, 1.165) is 23.3 Å². The first-order chi connectivity index (χ1) is 13.7. The van der Waals surface area contributed by atoms with Gasteiger partial charge in [0.15, 0.2) is 0 Å². The number of carbonyl (C=O) groups is 1. The average molecular weight is 435 g/mol. The smallest absolute Gasteiger partial charge is 0.243 e. The molecule has 0 aliphatic heterocycles. The number of hydrogen-bond acceptors (Lipinski definition) is 4. The van der Waals surface area contributed by atoms with Gasteiger partial charge < -0.3 is 5.32 Å². The number of nitrogens with zero attached hydrogens (tertiary/aromatic N) is 1. The largest absolute Gasteiger partial charge is 0.353 e. The summed E-state index contributed by atoms with van der Waals surface area (Å²) in [5, 5.41) is 2.90. The van der Waals surface area contributed by atoms with Crippen molar-refractivity contribution in [3.05, 3.63) is 65.2 Å². The zero-order chi connectivity index (χ0) is 21.4. The minimum absolute atomic E-state index is 0.269. The van der Waals surface area contributed by atoms with Crippen molar-refractivity contribution in [2.45, 2.75) is 39.0 Å². The Morgan fingerprint density at radius 3 is 2.10 bits per heavy atom. The second kappa shape index (κ2) is 10.7. The Kier molecular flexibility index (Phi) is 8.59. The Labute approximate surface area is 178 Å². The third-order valence-corrected chi connectivity index (χ3v) is 6.76. The Bertz CT molecular complexity index is 895. The minimum atomic E-state index is -3.59. The first-order valence-corrected chi connectivity index (χ1v) is 12.7. The number of sulfonamides is 1. The quantitative estimate of drug-likeness (QED) is 0.576. The van der Waals surface area contributed by atoms with E-state index in [4.69, 9.17) is 0 Å². The van der Waals surface area contributed by atoms with Crippen LogP contribution in [0.1, 0.15) is 30.0 Å². The highest BCUT2D eigenvalue weighted by Gasteiger charge is 2.31. The molecule has 158 valence electrons. The van der Waals surface area contributed by atoms with Crippen LogP contribution in [0.3, 0.4) is 0 Å². The summed E-state index contributed by atoms with van der Waals surface area (Å²) in [7, 11) is -3.59. The number of anilines is 1. The lowest BCUT2D eigenvalue weighted by atomic mass is 10.1. The number of benzene rings is 2. The van der Waals surface area contributed by atoms with Gasteiger partial charge in [0.1, 0.15) is 6.04 Å². The van der Waals surface area contributed by atoms with E-state index < -0.39 is 16.1 Å². The van der Waals surface area contributed by atoms with Gasteiger partial charge >= 0.3 is 0 Å². The topological polar surface area (TPSA) is 66.5 Å². The molecule has 7 heteroatoms. The summed E-state index contributed by atoms with van der Waals surface area (Å²) in [6, 6.07) is 14.8.